The summed E-state index contributed by atoms with van der Waals surface area (Å²) in [6.45, 7) is 3.80. The second-order valence-corrected chi connectivity index (χ2v) is 14.9. The van der Waals surface area contributed by atoms with Gasteiger partial charge in [0.05, 0.1) is 31.5 Å². The zero-order valence-electron chi connectivity index (χ0n) is 32.1. The van der Waals surface area contributed by atoms with Crippen LogP contribution >= 0.6 is 0 Å². The third-order valence-electron chi connectivity index (χ3n) is 10.0. The van der Waals surface area contributed by atoms with Gasteiger partial charge in [0.25, 0.3) is 0 Å². The predicted octanol–water partition coefficient (Wildman–Crippen LogP) is 0.311. The van der Waals surface area contributed by atoms with E-state index in [9.17, 15) is 38.7 Å². The molecule has 3 heterocycles. The topological polar surface area (TPSA) is 257 Å². The Morgan fingerprint density at radius 1 is 0.965 bits per heavy atom. The number of carbonyl (C=O) groups excluding carboxylic acids is 6. The molecule has 18 heteroatoms. The van der Waals surface area contributed by atoms with Crippen molar-refractivity contribution in [1.29, 1.82) is 0 Å². The van der Waals surface area contributed by atoms with Crippen LogP contribution in [0.2, 0.25) is 0 Å². The minimum Gasteiger partial charge on any atom is -0.481 e. The van der Waals surface area contributed by atoms with Gasteiger partial charge in [-0.25, -0.2) is 4.68 Å². The summed E-state index contributed by atoms with van der Waals surface area (Å²) >= 11 is 0. The van der Waals surface area contributed by atoms with Crippen LogP contribution in [0.5, 0.6) is 0 Å². The van der Waals surface area contributed by atoms with Crippen LogP contribution in [0, 0.1) is 5.92 Å². The van der Waals surface area contributed by atoms with Gasteiger partial charge in [0.15, 0.2) is 0 Å². The number of nitrogens with one attached hydrogen (secondary N) is 4. The highest BCUT2D eigenvalue weighted by atomic mass is 16.5. The smallest absolute Gasteiger partial charge is 0.305 e. The molecule has 0 unspecified atom stereocenters. The third kappa shape index (κ3) is 11.6. The number of hydrogen-bond donors (Lipinski definition) is 6. The molecule has 57 heavy (non-hydrogen) atoms. The van der Waals surface area contributed by atoms with Crippen molar-refractivity contribution in [2.45, 2.75) is 109 Å². The van der Waals surface area contributed by atoms with E-state index in [-0.39, 0.29) is 51.4 Å². The Hall–Kier alpha value is -5.91. The van der Waals surface area contributed by atoms with E-state index in [2.05, 4.69) is 31.6 Å². The van der Waals surface area contributed by atoms with Gasteiger partial charge in [0, 0.05) is 25.9 Å². The number of ether oxygens (including phenoxy) is 1. The summed E-state index contributed by atoms with van der Waals surface area (Å²) in [6.07, 6.45) is 2.49. The molecular formula is C39H51N9O9. The van der Waals surface area contributed by atoms with E-state index in [0.717, 1.165) is 10.8 Å². The highest BCUT2D eigenvalue weighted by molar-refractivity contribution is 5.98. The molecule has 0 aliphatic carbocycles. The summed E-state index contributed by atoms with van der Waals surface area (Å²) in [4.78, 5) is 94.6. The first-order valence-corrected chi connectivity index (χ1v) is 19.2. The van der Waals surface area contributed by atoms with Crippen LogP contribution in [0.15, 0.2) is 48.7 Å². The van der Waals surface area contributed by atoms with Crippen molar-refractivity contribution in [3.63, 3.8) is 0 Å². The summed E-state index contributed by atoms with van der Waals surface area (Å²) in [5.41, 5.74) is 6.89. The Morgan fingerprint density at radius 3 is 2.49 bits per heavy atom. The van der Waals surface area contributed by atoms with E-state index >= 15 is 0 Å². The van der Waals surface area contributed by atoms with Crippen molar-refractivity contribution in [1.82, 2.24) is 41.2 Å². The number of carboxylic acids is 1. The second kappa shape index (κ2) is 19.8. The molecule has 2 aromatic carbocycles. The van der Waals surface area contributed by atoms with Crippen molar-refractivity contribution in [3.8, 4) is 0 Å². The predicted molar refractivity (Wildman–Crippen MR) is 205 cm³/mol. The molecule has 0 bridgehead atoms. The standard InChI is InChI=1S/C39H51N9O9/c1-23(2)17-28(35(40)52)43-37(54)31-22-57-21-26-20-41-46-48(26)16-6-5-14-33(49)42-30(19-34(50)51)39(56)47-15-8-13-32(47)38(55)44-29(36(53)45-31)18-25-11-7-10-24-9-3-4-12-27(24)25/h3-4,7,9-12,20,23,28-32H,5-6,8,13-19,21-22H2,1-2H3,(H2,40,52)(H,42,49)(H,43,54)(H,44,55)(H,45,53)(H,50,51)/t28-,29-,30+,31-,32-/m0/s1. The van der Waals surface area contributed by atoms with Gasteiger partial charge in [0.2, 0.25) is 35.4 Å². The number of aromatic nitrogens is 3. The Labute approximate surface area is 329 Å². The molecule has 2 aliphatic heterocycles. The quantitative estimate of drug-likeness (QED) is 0.172. The van der Waals surface area contributed by atoms with Gasteiger partial charge in [-0.1, -0.05) is 61.5 Å². The zero-order valence-corrected chi connectivity index (χ0v) is 32.1. The van der Waals surface area contributed by atoms with E-state index in [4.69, 9.17) is 10.5 Å². The number of primary amides is 1. The maximum atomic E-state index is 14.4. The van der Waals surface area contributed by atoms with Crippen LogP contribution in [-0.4, -0.2) is 110 Å². The number of hydrogen-bond acceptors (Lipinski definition) is 10. The molecular weight excluding hydrogens is 738 g/mol. The molecule has 3 aromatic rings. The van der Waals surface area contributed by atoms with E-state index in [0.29, 0.717) is 37.1 Å². The van der Waals surface area contributed by atoms with Crippen LogP contribution in [0.25, 0.3) is 10.8 Å². The van der Waals surface area contributed by atoms with E-state index in [1.807, 2.05) is 56.3 Å². The molecule has 7 N–H and O–H groups in total. The number of nitrogens with two attached hydrogens (primary N) is 1. The first-order valence-electron chi connectivity index (χ1n) is 19.2. The van der Waals surface area contributed by atoms with E-state index in [1.165, 1.54) is 11.1 Å². The van der Waals surface area contributed by atoms with E-state index < -0.39 is 78.0 Å². The molecule has 2 aliphatic rings. The minimum absolute atomic E-state index is 0.000134. The number of aliphatic carboxylic acids is 1. The number of benzene rings is 2. The van der Waals surface area contributed by atoms with Gasteiger partial charge in [-0.15, -0.1) is 5.10 Å². The van der Waals surface area contributed by atoms with Gasteiger partial charge in [-0.2, -0.15) is 0 Å². The summed E-state index contributed by atoms with van der Waals surface area (Å²) < 4.78 is 7.52. The minimum atomic E-state index is -1.43. The van der Waals surface area contributed by atoms with E-state index in [1.54, 1.807) is 4.68 Å². The number of nitrogens with zero attached hydrogens (tertiary/aromatic N) is 4. The maximum absolute atomic E-state index is 14.4. The van der Waals surface area contributed by atoms with Crippen LogP contribution in [-0.2, 0) is 57.9 Å². The Bertz CT molecular complexity index is 1940. The third-order valence-corrected chi connectivity index (χ3v) is 10.0. The van der Waals surface area contributed by atoms with Crippen LogP contribution in [0.1, 0.15) is 70.1 Å². The van der Waals surface area contributed by atoms with Crippen LogP contribution < -0.4 is 27.0 Å². The van der Waals surface area contributed by atoms with Crippen molar-refractivity contribution < 1.29 is 43.4 Å². The first kappa shape index (κ1) is 42.2. The van der Waals surface area contributed by atoms with Crippen LogP contribution in [0.3, 0.4) is 0 Å². The monoisotopic (exact) mass is 789 g/mol. The van der Waals surface area contributed by atoms with Crippen molar-refractivity contribution in [2.75, 3.05) is 13.2 Å². The Morgan fingerprint density at radius 2 is 1.74 bits per heavy atom. The largest absolute Gasteiger partial charge is 0.481 e. The summed E-state index contributed by atoms with van der Waals surface area (Å²) in [7, 11) is 0. The number of aryl methyl sites for hydroxylation is 1. The normalized spacial score (nSPS) is 22.3. The molecule has 1 fully saturated rings. The number of fused-ring (bicyclic) bond motifs is 3. The average molecular weight is 790 g/mol. The highest BCUT2D eigenvalue weighted by Gasteiger charge is 2.40. The Kier molecular flexibility index (Phi) is 14.7. The van der Waals surface area contributed by atoms with Crippen molar-refractivity contribution in [3.05, 3.63) is 59.9 Å². The second-order valence-electron chi connectivity index (χ2n) is 14.9. The molecule has 6 amide bonds. The number of amides is 6. The molecule has 0 saturated carbocycles. The van der Waals surface area contributed by atoms with Gasteiger partial charge < -0.3 is 41.7 Å². The van der Waals surface area contributed by atoms with Crippen LogP contribution in [0.4, 0.5) is 0 Å². The summed E-state index contributed by atoms with van der Waals surface area (Å²) in [5.74, 6) is -5.46. The maximum Gasteiger partial charge on any atom is 0.305 e. The number of carbonyl (C=O) groups is 7. The Balaban J connectivity index is 1.50. The highest BCUT2D eigenvalue weighted by Crippen LogP contribution is 2.23. The molecule has 1 saturated heterocycles. The lowest BCUT2D eigenvalue weighted by Crippen LogP contribution is -2.60. The number of carboxylic acid groups (broad SMARTS) is 1. The molecule has 0 spiro atoms. The molecule has 5 atom stereocenters. The SMILES string of the molecule is CC(C)C[C@H](NC(=O)[C@@H]1COCc2cnnn2CCCCC(=O)N[C@H](CC(=O)O)C(=O)N2CCC[C@H]2C(=O)N[C@@H](Cc2cccc3ccccc23)C(=O)N1)C(N)=O. The average Bonchev–Trinajstić information content (AvgIpc) is 3.84. The van der Waals surface area contributed by atoms with Gasteiger partial charge in [-0.3, -0.25) is 33.6 Å². The lowest BCUT2D eigenvalue weighted by atomic mass is 9.97. The zero-order chi connectivity index (χ0) is 41.1. The first-order chi connectivity index (χ1) is 27.3. The van der Waals surface area contributed by atoms with Crippen molar-refractivity contribution in [2.24, 2.45) is 11.7 Å². The molecule has 0 radical (unpaired) electrons. The summed E-state index contributed by atoms with van der Waals surface area (Å²) in [6, 6.07) is 6.90. The molecule has 1 aromatic heterocycles. The number of rotatable bonds is 9. The fraction of sp³-hybridized carbons (Fsp3) is 0.513. The van der Waals surface area contributed by atoms with Crippen molar-refractivity contribution >= 4 is 52.2 Å². The van der Waals surface area contributed by atoms with Gasteiger partial charge >= 0.3 is 5.97 Å². The van der Waals surface area contributed by atoms with Gasteiger partial charge in [0.1, 0.15) is 30.2 Å². The lowest BCUT2D eigenvalue weighted by molar-refractivity contribution is -0.146. The fourth-order valence-electron chi connectivity index (χ4n) is 7.16. The summed E-state index contributed by atoms with van der Waals surface area (Å²) in [5, 5.41) is 30.1. The van der Waals surface area contributed by atoms with Gasteiger partial charge in [-0.05, 0) is 54.4 Å². The fourth-order valence-corrected chi connectivity index (χ4v) is 7.16. The molecule has 18 nitrogen and oxygen atoms in total. The lowest BCUT2D eigenvalue weighted by Gasteiger charge is -2.30. The molecule has 306 valence electrons. The molecule has 5 rings (SSSR count).